The molecule has 3 rings (SSSR count). The van der Waals surface area contributed by atoms with Crippen LogP contribution in [0.15, 0.2) is 40.9 Å². The van der Waals surface area contributed by atoms with E-state index in [9.17, 15) is 5.11 Å². The quantitative estimate of drug-likeness (QED) is 0.750. The number of benzene rings is 2. The second-order valence-electron chi connectivity index (χ2n) is 4.72. The minimum absolute atomic E-state index is 0.540. The third-order valence-corrected chi connectivity index (χ3v) is 4.15. The molecule has 0 saturated carbocycles. The van der Waals surface area contributed by atoms with Crippen molar-refractivity contribution in [2.45, 2.75) is 19.1 Å². The fourth-order valence-electron chi connectivity index (χ4n) is 2.44. The molecule has 1 heterocycles. The topological polar surface area (TPSA) is 32.3 Å². The van der Waals surface area contributed by atoms with Crippen molar-refractivity contribution in [3.8, 4) is 0 Å². The van der Waals surface area contributed by atoms with E-state index < -0.39 is 6.10 Å². The molecule has 19 heavy (non-hydrogen) atoms. The lowest BCUT2D eigenvalue weighted by Gasteiger charge is -2.23. The summed E-state index contributed by atoms with van der Waals surface area (Å²) in [7, 11) is 0. The highest BCUT2D eigenvalue weighted by Crippen LogP contribution is 2.32. The number of nitrogens with one attached hydrogen (secondary N) is 1. The van der Waals surface area contributed by atoms with Gasteiger partial charge in [0.05, 0.1) is 6.10 Å². The monoisotopic (exact) mass is 337 g/mol. The number of hydrogen-bond acceptors (Lipinski definition) is 2. The molecule has 0 fully saturated rings. The van der Waals surface area contributed by atoms with Gasteiger partial charge in [-0.15, -0.1) is 0 Å². The minimum Gasteiger partial charge on any atom is -0.388 e. The van der Waals surface area contributed by atoms with Gasteiger partial charge in [0.25, 0.3) is 0 Å². The standard InChI is InChI=1S/C15H13BrClNO/c16-11-2-1-9-6-15(19)13-7-12(17)3-4-14(13)18-8-10(9)5-11/h1-5,7,15,18-19H,6,8H2/t15-/m0/s1. The molecule has 0 radical (unpaired) electrons. The number of halogens is 2. The van der Waals surface area contributed by atoms with E-state index in [1.165, 1.54) is 5.56 Å². The van der Waals surface area contributed by atoms with Crippen molar-refractivity contribution in [1.29, 1.82) is 0 Å². The highest BCUT2D eigenvalue weighted by molar-refractivity contribution is 9.10. The van der Waals surface area contributed by atoms with Crippen molar-refractivity contribution >= 4 is 33.2 Å². The Morgan fingerprint density at radius 1 is 1.16 bits per heavy atom. The predicted octanol–water partition coefficient (Wildman–Crippen LogP) is 4.30. The van der Waals surface area contributed by atoms with Gasteiger partial charge in [-0.2, -0.15) is 0 Å². The Kier molecular flexibility index (Phi) is 3.52. The number of hydrogen-bond donors (Lipinski definition) is 2. The zero-order valence-electron chi connectivity index (χ0n) is 10.2. The normalized spacial score (nSPS) is 17.7. The van der Waals surface area contributed by atoms with Gasteiger partial charge in [-0.1, -0.05) is 33.6 Å². The lowest BCUT2D eigenvalue weighted by Crippen LogP contribution is -2.14. The zero-order chi connectivity index (χ0) is 13.4. The summed E-state index contributed by atoms with van der Waals surface area (Å²) in [5.74, 6) is 0. The predicted molar refractivity (Wildman–Crippen MR) is 81.6 cm³/mol. The van der Waals surface area contributed by atoms with Gasteiger partial charge in [-0.3, -0.25) is 0 Å². The van der Waals surface area contributed by atoms with Crippen LogP contribution in [0, 0.1) is 0 Å². The number of aliphatic hydroxyl groups is 1. The average Bonchev–Trinajstić information content (AvgIpc) is 2.38. The number of rotatable bonds is 0. The summed E-state index contributed by atoms with van der Waals surface area (Å²) >= 11 is 9.50. The van der Waals surface area contributed by atoms with Crippen molar-refractivity contribution < 1.29 is 5.11 Å². The van der Waals surface area contributed by atoms with Crippen LogP contribution in [0.1, 0.15) is 22.8 Å². The van der Waals surface area contributed by atoms with E-state index in [1.54, 1.807) is 0 Å². The van der Waals surface area contributed by atoms with Crippen molar-refractivity contribution in [1.82, 2.24) is 0 Å². The van der Waals surface area contributed by atoms with Gasteiger partial charge in [-0.25, -0.2) is 0 Å². The third kappa shape index (κ3) is 2.64. The van der Waals surface area contributed by atoms with Gasteiger partial charge in [0, 0.05) is 33.7 Å². The molecule has 0 saturated heterocycles. The lowest BCUT2D eigenvalue weighted by molar-refractivity contribution is 0.178. The molecule has 0 amide bonds. The van der Waals surface area contributed by atoms with Crippen LogP contribution < -0.4 is 5.32 Å². The van der Waals surface area contributed by atoms with E-state index in [1.807, 2.05) is 24.3 Å². The maximum Gasteiger partial charge on any atom is 0.0850 e. The molecule has 1 aliphatic heterocycles. The molecule has 0 aliphatic carbocycles. The summed E-state index contributed by atoms with van der Waals surface area (Å²) in [6.45, 7) is 0.746. The molecule has 2 aromatic rings. The second-order valence-corrected chi connectivity index (χ2v) is 6.07. The largest absolute Gasteiger partial charge is 0.388 e. The first-order valence-corrected chi connectivity index (χ1v) is 7.29. The van der Waals surface area contributed by atoms with Crippen molar-refractivity contribution in [3.63, 3.8) is 0 Å². The highest BCUT2D eigenvalue weighted by atomic mass is 79.9. The van der Waals surface area contributed by atoms with Crippen LogP contribution in [-0.2, 0) is 13.0 Å². The molecule has 0 aromatic heterocycles. The first-order valence-electron chi connectivity index (χ1n) is 6.12. The first kappa shape index (κ1) is 13.0. The molecule has 1 aliphatic rings. The summed E-state index contributed by atoms with van der Waals surface area (Å²) < 4.78 is 1.06. The molecule has 0 unspecified atom stereocenters. The molecule has 4 heteroatoms. The van der Waals surface area contributed by atoms with Gasteiger partial charge in [0.15, 0.2) is 0 Å². The van der Waals surface area contributed by atoms with Crippen molar-refractivity contribution in [2.24, 2.45) is 0 Å². The van der Waals surface area contributed by atoms with Crippen molar-refractivity contribution in [2.75, 3.05) is 5.32 Å². The lowest BCUT2D eigenvalue weighted by atomic mass is 9.94. The van der Waals surface area contributed by atoms with E-state index in [0.717, 1.165) is 27.8 Å². The Balaban J connectivity index is 2.03. The van der Waals surface area contributed by atoms with E-state index in [4.69, 9.17) is 11.6 Å². The van der Waals surface area contributed by atoms with Crippen LogP contribution in [0.2, 0.25) is 5.02 Å². The van der Waals surface area contributed by atoms with Crippen LogP contribution in [0.5, 0.6) is 0 Å². The Hall–Kier alpha value is -1.03. The average molecular weight is 339 g/mol. The van der Waals surface area contributed by atoms with Gasteiger partial charge in [-0.05, 0) is 41.5 Å². The van der Waals surface area contributed by atoms with Crippen molar-refractivity contribution in [3.05, 3.63) is 62.6 Å². The Bertz CT molecular complexity index is 630. The summed E-state index contributed by atoms with van der Waals surface area (Å²) in [4.78, 5) is 0. The fourth-order valence-corrected chi connectivity index (χ4v) is 3.03. The van der Waals surface area contributed by atoms with E-state index in [-0.39, 0.29) is 0 Å². The molecule has 0 spiro atoms. The minimum atomic E-state index is -0.540. The highest BCUT2D eigenvalue weighted by Gasteiger charge is 2.18. The fraction of sp³-hybridized carbons (Fsp3) is 0.200. The number of anilines is 1. The molecule has 98 valence electrons. The van der Waals surface area contributed by atoms with Crippen LogP contribution in [0.3, 0.4) is 0 Å². The smallest absolute Gasteiger partial charge is 0.0850 e. The first-order chi connectivity index (χ1) is 9.13. The van der Waals surface area contributed by atoms with Gasteiger partial charge >= 0.3 is 0 Å². The second kappa shape index (κ2) is 5.16. The Morgan fingerprint density at radius 2 is 2.00 bits per heavy atom. The van der Waals surface area contributed by atoms with Crippen LogP contribution in [0.4, 0.5) is 5.69 Å². The number of fused-ring (bicyclic) bond motifs is 2. The summed E-state index contributed by atoms with van der Waals surface area (Å²) in [5, 5.41) is 14.4. The molecular weight excluding hydrogens is 326 g/mol. The molecule has 2 aromatic carbocycles. The molecule has 0 bridgehead atoms. The summed E-state index contributed by atoms with van der Waals surface area (Å²) in [5.41, 5.74) is 4.17. The summed E-state index contributed by atoms with van der Waals surface area (Å²) in [6, 6.07) is 11.7. The third-order valence-electron chi connectivity index (χ3n) is 3.42. The molecular formula is C15H13BrClNO. The maximum atomic E-state index is 10.4. The Morgan fingerprint density at radius 3 is 2.84 bits per heavy atom. The number of aliphatic hydroxyl groups excluding tert-OH is 1. The van der Waals surface area contributed by atoms with E-state index in [0.29, 0.717) is 11.4 Å². The van der Waals surface area contributed by atoms with Crippen LogP contribution in [0.25, 0.3) is 0 Å². The molecule has 2 nitrogen and oxygen atoms in total. The van der Waals surface area contributed by atoms with Gasteiger partial charge in [0.1, 0.15) is 0 Å². The van der Waals surface area contributed by atoms with E-state index >= 15 is 0 Å². The van der Waals surface area contributed by atoms with Gasteiger partial charge < -0.3 is 10.4 Å². The molecule has 2 N–H and O–H groups in total. The zero-order valence-corrected chi connectivity index (χ0v) is 12.5. The SMILES string of the molecule is O[C@H]1Cc2ccc(Br)cc2CNc2ccc(Cl)cc21. The Labute approximate surface area is 125 Å². The van der Waals surface area contributed by atoms with Crippen LogP contribution >= 0.6 is 27.5 Å². The van der Waals surface area contributed by atoms with Crippen LogP contribution in [-0.4, -0.2) is 5.11 Å². The molecule has 1 atom stereocenters. The van der Waals surface area contributed by atoms with Gasteiger partial charge in [0.2, 0.25) is 0 Å². The maximum absolute atomic E-state index is 10.4. The van der Waals surface area contributed by atoms with E-state index in [2.05, 4.69) is 33.4 Å². The summed E-state index contributed by atoms with van der Waals surface area (Å²) in [6.07, 6.45) is 0.0684.